The minimum absolute atomic E-state index is 0.339. The van der Waals surface area contributed by atoms with Crippen LogP contribution in [0.4, 0.5) is 5.69 Å². The van der Waals surface area contributed by atoms with Gasteiger partial charge in [0.05, 0.1) is 6.04 Å². The van der Waals surface area contributed by atoms with Crippen LogP contribution in [-0.2, 0) is 6.42 Å². The summed E-state index contributed by atoms with van der Waals surface area (Å²) in [5.74, 6) is 0.647. The molecule has 0 aliphatic carbocycles. The van der Waals surface area contributed by atoms with Crippen LogP contribution in [0.25, 0.3) is 0 Å². The van der Waals surface area contributed by atoms with Gasteiger partial charge in [0.1, 0.15) is 5.01 Å². The van der Waals surface area contributed by atoms with Crippen molar-refractivity contribution in [3.8, 4) is 0 Å². The number of fused-ring (bicyclic) bond motifs is 1. The summed E-state index contributed by atoms with van der Waals surface area (Å²) in [6.07, 6.45) is 1.15. The van der Waals surface area contributed by atoms with Gasteiger partial charge >= 0.3 is 0 Å². The summed E-state index contributed by atoms with van der Waals surface area (Å²) >= 11 is 1.74. The lowest BCUT2D eigenvalue weighted by Gasteiger charge is -2.27. The van der Waals surface area contributed by atoms with Crippen molar-refractivity contribution in [3.05, 3.63) is 45.9 Å². The van der Waals surface area contributed by atoms with Crippen LogP contribution in [0.3, 0.4) is 0 Å². The molecule has 1 aromatic carbocycles. The van der Waals surface area contributed by atoms with E-state index >= 15 is 0 Å². The fourth-order valence-electron chi connectivity index (χ4n) is 2.65. The van der Waals surface area contributed by atoms with Gasteiger partial charge in [-0.3, -0.25) is 0 Å². The first-order chi connectivity index (χ1) is 9.72. The van der Waals surface area contributed by atoms with Crippen LogP contribution in [0.15, 0.2) is 29.6 Å². The highest BCUT2D eigenvalue weighted by Crippen LogP contribution is 2.24. The van der Waals surface area contributed by atoms with Gasteiger partial charge in [-0.05, 0) is 37.8 Å². The van der Waals surface area contributed by atoms with Gasteiger partial charge in [0.15, 0.2) is 0 Å². The number of benzene rings is 1. The van der Waals surface area contributed by atoms with Crippen molar-refractivity contribution in [3.63, 3.8) is 0 Å². The Hall–Kier alpha value is -1.39. The van der Waals surface area contributed by atoms with Crippen LogP contribution < -0.4 is 10.6 Å². The zero-order chi connectivity index (χ0) is 13.9. The molecule has 1 aliphatic rings. The Bertz CT molecular complexity index is 579. The summed E-state index contributed by atoms with van der Waals surface area (Å²) in [4.78, 5) is 4.55. The molecule has 2 unspecified atom stereocenters. The lowest BCUT2D eigenvalue weighted by Crippen LogP contribution is -2.33. The third-order valence-corrected chi connectivity index (χ3v) is 4.97. The van der Waals surface area contributed by atoms with E-state index in [0.29, 0.717) is 12.0 Å². The maximum Gasteiger partial charge on any atom is 0.110 e. The van der Waals surface area contributed by atoms with Crippen LogP contribution in [0.1, 0.15) is 29.2 Å². The van der Waals surface area contributed by atoms with Gasteiger partial charge in [-0.25, -0.2) is 4.98 Å². The third-order valence-electron chi connectivity index (χ3n) is 3.83. The molecule has 4 heteroatoms. The van der Waals surface area contributed by atoms with Crippen LogP contribution in [-0.4, -0.2) is 18.1 Å². The Morgan fingerprint density at radius 1 is 1.45 bits per heavy atom. The Balaban J connectivity index is 1.55. The van der Waals surface area contributed by atoms with E-state index in [4.69, 9.17) is 0 Å². The van der Waals surface area contributed by atoms with E-state index in [1.807, 2.05) is 0 Å². The molecule has 0 spiro atoms. The minimum atomic E-state index is 0.339. The zero-order valence-electron chi connectivity index (χ0n) is 12.0. The number of anilines is 1. The number of aromatic nitrogens is 1. The maximum absolute atomic E-state index is 4.55. The molecular weight excluding hydrogens is 266 g/mol. The molecule has 0 radical (unpaired) electrons. The van der Waals surface area contributed by atoms with Gasteiger partial charge in [0, 0.05) is 29.9 Å². The zero-order valence-corrected chi connectivity index (χ0v) is 12.8. The number of aryl methyl sites for hydroxylation is 1. The molecule has 2 atom stereocenters. The summed E-state index contributed by atoms with van der Waals surface area (Å²) in [6, 6.07) is 8.95. The molecule has 1 aromatic heterocycles. The maximum atomic E-state index is 4.55. The standard InChI is InChI=1S/C16H21N3S/c1-11-10-20-16(19-11)12(2)17-8-13-7-14-5-3-4-6-15(14)18-9-13/h3-6,10,12-13,17-18H,7-9H2,1-2H3. The number of hydrogen-bond acceptors (Lipinski definition) is 4. The normalized spacial score (nSPS) is 19.2. The highest BCUT2D eigenvalue weighted by Gasteiger charge is 2.19. The van der Waals surface area contributed by atoms with E-state index in [9.17, 15) is 0 Å². The Morgan fingerprint density at radius 3 is 3.10 bits per heavy atom. The number of rotatable bonds is 4. The third kappa shape index (κ3) is 3.02. The number of nitrogens with one attached hydrogen (secondary N) is 2. The quantitative estimate of drug-likeness (QED) is 0.905. The molecule has 0 amide bonds. The smallest absolute Gasteiger partial charge is 0.110 e. The Morgan fingerprint density at radius 2 is 2.30 bits per heavy atom. The summed E-state index contributed by atoms with van der Waals surface area (Å²) in [5.41, 5.74) is 3.85. The lowest BCUT2D eigenvalue weighted by atomic mass is 9.94. The van der Waals surface area contributed by atoms with E-state index in [1.165, 1.54) is 16.3 Å². The summed E-state index contributed by atoms with van der Waals surface area (Å²) < 4.78 is 0. The van der Waals surface area contributed by atoms with Gasteiger partial charge in [-0.15, -0.1) is 11.3 Å². The Kier molecular flexibility index (Phi) is 4.03. The second-order valence-corrected chi connectivity index (χ2v) is 6.45. The van der Waals surface area contributed by atoms with E-state index in [-0.39, 0.29) is 0 Å². The molecule has 1 aliphatic heterocycles. The molecule has 2 heterocycles. The van der Waals surface area contributed by atoms with Gasteiger partial charge in [-0.2, -0.15) is 0 Å². The number of para-hydroxylation sites is 1. The summed E-state index contributed by atoms with van der Waals surface area (Å²) in [7, 11) is 0. The second kappa shape index (κ2) is 5.94. The predicted molar refractivity (Wildman–Crippen MR) is 85.4 cm³/mol. The molecule has 0 fully saturated rings. The lowest BCUT2D eigenvalue weighted by molar-refractivity contribution is 0.448. The molecule has 0 saturated heterocycles. The van der Waals surface area contributed by atoms with E-state index < -0.39 is 0 Å². The van der Waals surface area contributed by atoms with Crippen molar-refractivity contribution < 1.29 is 0 Å². The van der Waals surface area contributed by atoms with Crippen LogP contribution in [0.2, 0.25) is 0 Å². The van der Waals surface area contributed by atoms with E-state index in [1.54, 1.807) is 11.3 Å². The van der Waals surface area contributed by atoms with Crippen molar-refractivity contribution >= 4 is 17.0 Å². The first-order valence-corrected chi connectivity index (χ1v) is 8.07. The molecule has 0 saturated carbocycles. The van der Waals surface area contributed by atoms with Gasteiger partial charge in [-0.1, -0.05) is 18.2 Å². The molecular formula is C16H21N3S. The van der Waals surface area contributed by atoms with Crippen molar-refractivity contribution in [2.24, 2.45) is 5.92 Å². The predicted octanol–water partition coefficient (Wildman–Crippen LogP) is 3.39. The topological polar surface area (TPSA) is 37.0 Å². The second-order valence-electron chi connectivity index (χ2n) is 5.57. The molecule has 106 valence electrons. The van der Waals surface area contributed by atoms with Crippen LogP contribution in [0, 0.1) is 12.8 Å². The first kappa shape index (κ1) is 13.6. The van der Waals surface area contributed by atoms with Crippen LogP contribution >= 0.6 is 11.3 Å². The minimum Gasteiger partial charge on any atom is -0.384 e. The van der Waals surface area contributed by atoms with Gasteiger partial charge in [0.2, 0.25) is 0 Å². The van der Waals surface area contributed by atoms with Crippen molar-refractivity contribution in [2.75, 3.05) is 18.4 Å². The van der Waals surface area contributed by atoms with Crippen molar-refractivity contribution in [1.29, 1.82) is 0 Å². The molecule has 3 rings (SSSR count). The summed E-state index contributed by atoms with van der Waals surface area (Å²) in [6.45, 7) is 6.33. The largest absolute Gasteiger partial charge is 0.384 e. The fraction of sp³-hybridized carbons (Fsp3) is 0.438. The van der Waals surface area contributed by atoms with E-state index in [0.717, 1.165) is 25.2 Å². The SMILES string of the molecule is Cc1csc(C(C)NCC2CNc3ccccc3C2)n1. The van der Waals surface area contributed by atoms with Gasteiger partial charge in [0.25, 0.3) is 0 Å². The summed E-state index contributed by atoms with van der Waals surface area (Å²) in [5, 5.41) is 10.5. The first-order valence-electron chi connectivity index (χ1n) is 7.19. The van der Waals surface area contributed by atoms with Crippen LogP contribution in [0.5, 0.6) is 0 Å². The molecule has 2 N–H and O–H groups in total. The Labute approximate surface area is 124 Å². The van der Waals surface area contributed by atoms with Gasteiger partial charge < -0.3 is 10.6 Å². The number of hydrogen-bond donors (Lipinski definition) is 2. The molecule has 20 heavy (non-hydrogen) atoms. The number of nitrogens with zero attached hydrogens (tertiary/aromatic N) is 1. The highest BCUT2D eigenvalue weighted by atomic mass is 32.1. The van der Waals surface area contributed by atoms with Crippen molar-refractivity contribution in [2.45, 2.75) is 26.3 Å². The highest BCUT2D eigenvalue weighted by molar-refractivity contribution is 7.09. The van der Waals surface area contributed by atoms with Crippen molar-refractivity contribution in [1.82, 2.24) is 10.3 Å². The van der Waals surface area contributed by atoms with E-state index in [2.05, 4.69) is 59.1 Å². The molecule has 3 nitrogen and oxygen atoms in total. The number of thiazole rings is 1. The average Bonchev–Trinajstić information content (AvgIpc) is 2.91. The molecule has 2 aromatic rings. The molecule has 0 bridgehead atoms. The fourth-order valence-corrected chi connectivity index (χ4v) is 3.48. The monoisotopic (exact) mass is 287 g/mol. The average molecular weight is 287 g/mol.